The maximum atomic E-state index is 13.4. The Morgan fingerprint density at radius 1 is 1.11 bits per heavy atom. The Bertz CT molecular complexity index is 913. The van der Waals surface area contributed by atoms with Crippen LogP contribution in [-0.2, 0) is 21.4 Å². The molecular formula is C20H23ClN2O3S. The number of benzene rings is 2. The number of hydrogen-bond donors (Lipinski definition) is 1. The van der Waals surface area contributed by atoms with E-state index in [0.717, 1.165) is 18.4 Å². The van der Waals surface area contributed by atoms with Crippen molar-refractivity contribution in [1.29, 1.82) is 0 Å². The number of hydrogen-bond acceptors (Lipinski definition) is 3. The molecule has 0 radical (unpaired) electrons. The van der Waals surface area contributed by atoms with Gasteiger partial charge in [0.05, 0.1) is 4.90 Å². The zero-order chi connectivity index (χ0) is 19.4. The Balaban J connectivity index is 2.04. The van der Waals surface area contributed by atoms with E-state index < -0.39 is 16.1 Å². The molecule has 5 nitrogen and oxygen atoms in total. The summed E-state index contributed by atoms with van der Waals surface area (Å²) in [5.74, 6) is -0.254. The van der Waals surface area contributed by atoms with Crippen LogP contribution in [0.4, 0.5) is 0 Å². The zero-order valence-corrected chi connectivity index (χ0v) is 16.8. The number of rotatable bonds is 5. The van der Waals surface area contributed by atoms with Gasteiger partial charge in [0.15, 0.2) is 0 Å². The molecular weight excluding hydrogens is 384 g/mol. The number of carbonyl (C=O) groups is 1. The van der Waals surface area contributed by atoms with Crippen LogP contribution in [0, 0.1) is 6.92 Å². The van der Waals surface area contributed by atoms with Crippen LogP contribution in [0.25, 0.3) is 0 Å². The fourth-order valence-corrected chi connectivity index (χ4v) is 4.99. The average molecular weight is 407 g/mol. The molecule has 1 fully saturated rings. The van der Waals surface area contributed by atoms with Crippen LogP contribution in [0.1, 0.15) is 30.4 Å². The number of amides is 1. The van der Waals surface area contributed by atoms with Crippen LogP contribution in [0.2, 0.25) is 5.02 Å². The van der Waals surface area contributed by atoms with Crippen molar-refractivity contribution in [3.05, 3.63) is 64.7 Å². The molecule has 144 valence electrons. The van der Waals surface area contributed by atoms with E-state index in [-0.39, 0.29) is 17.3 Å². The fraction of sp³-hybridized carbons (Fsp3) is 0.350. The van der Waals surface area contributed by atoms with Gasteiger partial charge in [0.1, 0.15) is 6.04 Å². The molecule has 0 spiro atoms. The van der Waals surface area contributed by atoms with Gasteiger partial charge in [-0.05, 0) is 49.9 Å². The van der Waals surface area contributed by atoms with Crippen molar-refractivity contribution in [3.63, 3.8) is 0 Å². The summed E-state index contributed by atoms with van der Waals surface area (Å²) in [7, 11) is -3.87. The topological polar surface area (TPSA) is 66.5 Å². The number of nitrogens with zero attached hydrogens (tertiary/aromatic N) is 1. The minimum atomic E-state index is -3.87. The molecule has 0 saturated carbocycles. The first-order valence-corrected chi connectivity index (χ1v) is 10.8. The van der Waals surface area contributed by atoms with Crippen molar-refractivity contribution >= 4 is 27.5 Å². The van der Waals surface area contributed by atoms with E-state index in [2.05, 4.69) is 5.32 Å². The molecule has 3 rings (SSSR count). The predicted molar refractivity (Wildman–Crippen MR) is 106 cm³/mol. The number of nitrogens with one attached hydrogen (secondary N) is 1. The SMILES string of the molecule is Cc1ccc(S(=O)(=O)N(Cc2ccccc2Cl)C2CCCCNC2=O)cc1. The van der Waals surface area contributed by atoms with E-state index in [1.54, 1.807) is 42.5 Å². The molecule has 1 atom stereocenters. The minimum absolute atomic E-state index is 0.0496. The van der Waals surface area contributed by atoms with Gasteiger partial charge in [-0.2, -0.15) is 4.31 Å². The van der Waals surface area contributed by atoms with Gasteiger partial charge in [0.2, 0.25) is 15.9 Å². The lowest BCUT2D eigenvalue weighted by molar-refractivity contribution is -0.124. The molecule has 0 aromatic heterocycles. The highest BCUT2D eigenvalue weighted by Crippen LogP contribution is 2.27. The second-order valence-corrected chi connectivity index (χ2v) is 9.06. The first-order valence-electron chi connectivity index (χ1n) is 8.99. The highest BCUT2D eigenvalue weighted by atomic mass is 35.5. The van der Waals surface area contributed by atoms with Crippen LogP contribution in [-0.4, -0.2) is 31.2 Å². The second kappa shape index (κ2) is 8.42. The summed E-state index contributed by atoms with van der Waals surface area (Å²) in [4.78, 5) is 12.8. The maximum absolute atomic E-state index is 13.4. The third kappa shape index (κ3) is 4.51. The van der Waals surface area contributed by atoms with Crippen LogP contribution < -0.4 is 5.32 Å². The predicted octanol–water partition coefficient (Wildman–Crippen LogP) is 3.51. The molecule has 27 heavy (non-hydrogen) atoms. The molecule has 7 heteroatoms. The Hall–Kier alpha value is -1.89. The van der Waals surface area contributed by atoms with E-state index >= 15 is 0 Å². The maximum Gasteiger partial charge on any atom is 0.244 e. The van der Waals surface area contributed by atoms with Crippen molar-refractivity contribution in [3.8, 4) is 0 Å². The van der Waals surface area contributed by atoms with Crippen molar-refractivity contribution in [2.45, 2.75) is 43.7 Å². The Morgan fingerprint density at radius 3 is 2.52 bits per heavy atom. The summed E-state index contributed by atoms with van der Waals surface area (Å²) in [6.45, 7) is 2.52. The summed E-state index contributed by atoms with van der Waals surface area (Å²) in [6.07, 6.45) is 2.11. The van der Waals surface area contributed by atoms with Gasteiger partial charge in [-0.1, -0.05) is 47.5 Å². The number of sulfonamides is 1. The summed E-state index contributed by atoms with van der Waals surface area (Å²) in [5.41, 5.74) is 1.64. The van der Waals surface area contributed by atoms with Gasteiger partial charge in [-0.15, -0.1) is 0 Å². The normalized spacial score (nSPS) is 18.2. The molecule has 1 aliphatic heterocycles. The van der Waals surface area contributed by atoms with Crippen molar-refractivity contribution in [2.75, 3.05) is 6.54 Å². The second-order valence-electron chi connectivity index (χ2n) is 6.76. The molecule has 0 bridgehead atoms. The lowest BCUT2D eigenvalue weighted by atomic mass is 10.1. The summed E-state index contributed by atoms with van der Waals surface area (Å²) < 4.78 is 28.1. The van der Waals surface area contributed by atoms with E-state index in [0.29, 0.717) is 23.6 Å². The minimum Gasteiger partial charge on any atom is -0.355 e. The first-order chi connectivity index (χ1) is 12.9. The Morgan fingerprint density at radius 2 is 1.81 bits per heavy atom. The largest absolute Gasteiger partial charge is 0.355 e. The Labute approximate surface area is 165 Å². The number of carbonyl (C=O) groups excluding carboxylic acids is 1. The third-order valence-corrected chi connectivity index (χ3v) is 7.00. The summed E-state index contributed by atoms with van der Waals surface area (Å²) in [5, 5.41) is 3.31. The van der Waals surface area contributed by atoms with Gasteiger partial charge in [0, 0.05) is 18.1 Å². The van der Waals surface area contributed by atoms with E-state index in [9.17, 15) is 13.2 Å². The molecule has 1 amide bonds. The molecule has 1 unspecified atom stereocenters. The summed E-state index contributed by atoms with van der Waals surface area (Å²) in [6, 6.07) is 13.0. The van der Waals surface area contributed by atoms with Gasteiger partial charge < -0.3 is 5.32 Å². The zero-order valence-electron chi connectivity index (χ0n) is 15.2. The molecule has 2 aromatic carbocycles. The van der Waals surface area contributed by atoms with Crippen LogP contribution in [0.5, 0.6) is 0 Å². The standard InChI is InChI=1S/C20H23ClN2O3S/c1-15-9-11-17(12-10-15)27(25,26)23(14-16-6-2-3-7-18(16)21)19-8-4-5-13-22-20(19)24/h2-3,6-7,9-12,19H,4-5,8,13-14H2,1H3,(H,22,24). The lowest BCUT2D eigenvalue weighted by Crippen LogP contribution is -2.48. The van der Waals surface area contributed by atoms with Crippen LogP contribution >= 0.6 is 11.6 Å². The highest BCUT2D eigenvalue weighted by molar-refractivity contribution is 7.89. The van der Waals surface area contributed by atoms with Gasteiger partial charge in [-0.25, -0.2) is 8.42 Å². The molecule has 1 heterocycles. The van der Waals surface area contributed by atoms with Gasteiger partial charge in [0.25, 0.3) is 0 Å². The van der Waals surface area contributed by atoms with Crippen molar-refractivity contribution in [1.82, 2.24) is 9.62 Å². The van der Waals surface area contributed by atoms with Gasteiger partial charge in [-0.3, -0.25) is 4.79 Å². The third-order valence-electron chi connectivity index (χ3n) is 4.77. The van der Waals surface area contributed by atoms with E-state index in [1.165, 1.54) is 4.31 Å². The highest BCUT2D eigenvalue weighted by Gasteiger charge is 2.36. The molecule has 1 aliphatic rings. The Kier molecular flexibility index (Phi) is 6.19. The molecule has 2 aromatic rings. The smallest absolute Gasteiger partial charge is 0.244 e. The fourth-order valence-electron chi connectivity index (χ4n) is 3.20. The van der Waals surface area contributed by atoms with Crippen LogP contribution in [0.15, 0.2) is 53.4 Å². The van der Waals surface area contributed by atoms with Gasteiger partial charge >= 0.3 is 0 Å². The lowest BCUT2D eigenvalue weighted by Gasteiger charge is -2.29. The van der Waals surface area contributed by atoms with Crippen molar-refractivity contribution in [2.24, 2.45) is 0 Å². The summed E-state index contributed by atoms with van der Waals surface area (Å²) >= 11 is 6.27. The van der Waals surface area contributed by atoms with Crippen LogP contribution in [0.3, 0.4) is 0 Å². The molecule has 0 aliphatic carbocycles. The number of halogens is 1. The van der Waals surface area contributed by atoms with Crippen molar-refractivity contribution < 1.29 is 13.2 Å². The molecule has 1 saturated heterocycles. The van der Waals surface area contributed by atoms with E-state index in [1.807, 2.05) is 13.0 Å². The first kappa shape index (κ1) is 19.9. The average Bonchev–Trinajstić information content (AvgIpc) is 2.85. The monoisotopic (exact) mass is 406 g/mol. The number of aryl methyl sites for hydroxylation is 1. The van der Waals surface area contributed by atoms with E-state index in [4.69, 9.17) is 11.6 Å². The quantitative estimate of drug-likeness (QED) is 0.826. The molecule has 1 N–H and O–H groups in total.